The number of fused-ring (bicyclic) bond motifs is 1. The van der Waals surface area contributed by atoms with Crippen molar-refractivity contribution in [3.05, 3.63) is 35.9 Å². The van der Waals surface area contributed by atoms with Crippen molar-refractivity contribution in [1.29, 1.82) is 0 Å². The van der Waals surface area contributed by atoms with Crippen molar-refractivity contribution in [1.82, 2.24) is 20.5 Å². The summed E-state index contributed by atoms with van der Waals surface area (Å²) in [6, 6.07) is 9.75. The van der Waals surface area contributed by atoms with Gasteiger partial charge in [-0.15, -0.1) is 0 Å². The van der Waals surface area contributed by atoms with Crippen molar-refractivity contribution < 1.29 is 18.7 Å². The summed E-state index contributed by atoms with van der Waals surface area (Å²) >= 11 is 0. The number of alkyl carbamates (subject to hydrolysis) is 1. The number of aromatic nitrogens is 1. The van der Waals surface area contributed by atoms with E-state index in [4.69, 9.17) is 9.72 Å². The number of piperidine rings is 1. The number of para-hydroxylation sites is 1. The Balaban J connectivity index is 1.30. The van der Waals surface area contributed by atoms with Crippen LogP contribution < -0.4 is 15.5 Å². The molecular formula is C33H50FN5O3. The molecule has 1 aromatic heterocycles. The number of nitrogens with zero attached hydrogens (tertiary/aromatic N) is 3. The number of amides is 2. The van der Waals surface area contributed by atoms with Crippen molar-refractivity contribution in [2.24, 2.45) is 17.8 Å². The maximum atomic E-state index is 14.4. The lowest BCUT2D eigenvalue weighted by Gasteiger charge is -2.34. The van der Waals surface area contributed by atoms with Gasteiger partial charge in [-0.2, -0.15) is 0 Å². The summed E-state index contributed by atoms with van der Waals surface area (Å²) in [6.07, 6.45) is 5.39. The molecule has 1 saturated heterocycles. The third-order valence-electron chi connectivity index (χ3n) is 8.49. The van der Waals surface area contributed by atoms with Crippen molar-refractivity contribution in [3.63, 3.8) is 0 Å². The van der Waals surface area contributed by atoms with Gasteiger partial charge in [0.1, 0.15) is 17.6 Å². The van der Waals surface area contributed by atoms with Gasteiger partial charge in [0.25, 0.3) is 5.91 Å². The van der Waals surface area contributed by atoms with E-state index in [2.05, 4.69) is 15.5 Å². The largest absolute Gasteiger partial charge is 0.444 e. The van der Waals surface area contributed by atoms with E-state index in [9.17, 15) is 14.0 Å². The van der Waals surface area contributed by atoms with Crippen LogP contribution in [0.1, 0.15) is 76.1 Å². The van der Waals surface area contributed by atoms with Crippen LogP contribution in [0.4, 0.5) is 15.0 Å². The van der Waals surface area contributed by atoms with E-state index in [1.54, 1.807) is 0 Å². The summed E-state index contributed by atoms with van der Waals surface area (Å²) in [7, 11) is 3.82. The molecule has 8 nitrogen and oxygen atoms in total. The molecule has 0 spiro atoms. The average Bonchev–Trinajstić information content (AvgIpc) is 2.94. The van der Waals surface area contributed by atoms with E-state index < -0.39 is 11.8 Å². The van der Waals surface area contributed by atoms with Crippen LogP contribution in [0.2, 0.25) is 0 Å². The van der Waals surface area contributed by atoms with E-state index >= 15 is 0 Å². The lowest BCUT2D eigenvalue weighted by atomic mass is 9.82. The first-order chi connectivity index (χ1) is 20.0. The van der Waals surface area contributed by atoms with Crippen molar-refractivity contribution in [2.45, 2.75) is 77.5 Å². The average molecular weight is 584 g/mol. The molecule has 2 amide bonds. The van der Waals surface area contributed by atoms with Gasteiger partial charge in [-0.25, -0.2) is 14.2 Å². The van der Waals surface area contributed by atoms with Crippen molar-refractivity contribution >= 4 is 28.7 Å². The SMILES string of the molecule is CN(C)CC(F)CC1CCN(c2cc(C(=O)NCC3CCC(CNC(=O)OC(C)(C)C)CC3)c3ccccc3n2)CC1. The number of benzene rings is 1. The molecule has 42 heavy (non-hydrogen) atoms. The Labute approximate surface area is 250 Å². The number of anilines is 1. The zero-order valence-corrected chi connectivity index (χ0v) is 26.1. The number of hydrogen-bond donors (Lipinski definition) is 2. The van der Waals surface area contributed by atoms with E-state index in [1.807, 2.05) is 70.1 Å². The monoisotopic (exact) mass is 583 g/mol. The summed E-state index contributed by atoms with van der Waals surface area (Å²) in [4.78, 5) is 34.5. The molecule has 4 rings (SSSR count). The lowest BCUT2D eigenvalue weighted by Crippen LogP contribution is -2.37. The normalized spacial score (nSPS) is 20.9. The molecule has 2 aliphatic rings. The minimum atomic E-state index is -0.797. The third-order valence-corrected chi connectivity index (χ3v) is 8.49. The Hall–Kier alpha value is -2.94. The van der Waals surface area contributed by atoms with E-state index in [1.165, 1.54) is 0 Å². The Kier molecular flexibility index (Phi) is 11.0. The molecule has 1 saturated carbocycles. The molecule has 1 aromatic carbocycles. The number of hydrogen-bond acceptors (Lipinski definition) is 6. The van der Waals surface area contributed by atoms with Crippen molar-refractivity contribution in [2.75, 3.05) is 51.7 Å². The first-order valence-corrected chi connectivity index (χ1v) is 15.7. The molecule has 9 heteroatoms. The van der Waals surface area contributed by atoms with E-state index in [-0.39, 0.29) is 12.0 Å². The standard InChI is InChI=1S/C33H50FN5O3/c1-33(2,3)42-32(41)36-21-25-12-10-24(11-13-25)20-35-31(40)28-19-30(37-29-9-7-6-8-27(28)29)39-16-14-23(15-17-39)18-26(34)22-38(4)5/h6-9,19,23-26H,10-18,20-22H2,1-5H3,(H,35,40)(H,36,41). The van der Waals surface area contributed by atoms with Crippen LogP contribution in [0.25, 0.3) is 10.9 Å². The molecule has 0 radical (unpaired) electrons. The molecule has 1 aliphatic heterocycles. The molecule has 232 valence electrons. The highest BCUT2D eigenvalue weighted by molar-refractivity contribution is 6.07. The highest BCUT2D eigenvalue weighted by Gasteiger charge is 2.26. The number of carbonyl (C=O) groups is 2. The molecule has 0 bridgehead atoms. The number of pyridine rings is 1. The first-order valence-electron chi connectivity index (χ1n) is 15.7. The van der Waals surface area contributed by atoms with E-state index in [0.29, 0.717) is 49.4 Å². The smallest absolute Gasteiger partial charge is 0.407 e. The Bertz CT molecular complexity index is 1180. The van der Waals surface area contributed by atoms with Gasteiger partial charge in [0.05, 0.1) is 11.1 Å². The number of carbonyl (C=O) groups excluding carboxylic acids is 2. The fourth-order valence-electron chi connectivity index (χ4n) is 6.26. The fourth-order valence-corrected chi connectivity index (χ4v) is 6.26. The third kappa shape index (κ3) is 9.54. The molecule has 1 aliphatic carbocycles. The van der Waals surface area contributed by atoms with Crippen LogP contribution in [0.5, 0.6) is 0 Å². The predicted molar refractivity (Wildman–Crippen MR) is 167 cm³/mol. The van der Waals surface area contributed by atoms with Gasteiger partial charge in [0.15, 0.2) is 0 Å². The molecule has 1 unspecified atom stereocenters. The van der Waals surface area contributed by atoms with Gasteiger partial charge in [-0.05, 0) is 110 Å². The second kappa shape index (κ2) is 14.5. The summed E-state index contributed by atoms with van der Waals surface area (Å²) in [6.45, 7) is 8.96. The molecule has 2 heterocycles. The summed E-state index contributed by atoms with van der Waals surface area (Å²) in [5.74, 6) is 1.99. The van der Waals surface area contributed by atoms with Gasteiger partial charge in [0.2, 0.25) is 0 Å². The summed E-state index contributed by atoms with van der Waals surface area (Å²) in [5, 5.41) is 6.96. The number of halogens is 1. The highest BCUT2D eigenvalue weighted by Crippen LogP contribution is 2.30. The van der Waals surface area contributed by atoms with Crippen LogP contribution in [-0.4, -0.2) is 80.5 Å². The Morgan fingerprint density at radius 1 is 1.00 bits per heavy atom. The predicted octanol–water partition coefficient (Wildman–Crippen LogP) is 5.80. The van der Waals surface area contributed by atoms with Crippen LogP contribution in [0.3, 0.4) is 0 Å². The summed E-state index contributed by atoms with van der Waals surface area (Å²) in [5.41, 5.74) is 0.974. The molecule has 2 fully saturated rings. The molecule has 2 N–H and O–H groups in total. The first kappa shape index (κ1) is 32.0. The Morgan fingerprint density at radius 2 is 1.62 bits per heavy atom. The zero-order valence-electron chi connectivity index (χ0n) is 26.1. The quantitative estimate of drug-likeness (QED) is 0.368. The van der Waals surface area contributed by atoms with Gasteiger partial charge in [-0.3, -0.25) is 4.79 Å². The van der Waals surface area contributed by atoms with Gasteiger partial charge in [-0.1, -0.05) is 18.2 Å². The zero-order chi connectivity index (χ0) is 30.3. The number of nitrogens with one attached hydrogen (secondary N) is 2. The van der Waals surface area contributed by atoms with Gasteiger partial charge in [0, 0.05) is 38.1 Å². The minimum Gasteiger partial charge on any atom is -0.444 e. The number of alkyl halides is 1. The van der Waals surface area contributed by atoms with Crippen molar-refractivity contribution in [3.8, 4) is 0 Å². The summed E-state index contributed by atoms with van der Waals surface area (Å²) < 4.78 is 19.7. The van der Waals surface area contributed by atoms with Gasteiger partial charge < -0.3 is 25.2 Å². The fraction of sp³-hybridized carbons (Fsp3) is 0.667. The van der Waals surface area contributed by atoms with Crippen LogP contribution in [0.15, 0.2) is 30.3 Å². The second-order valence-corrected chi connectivity index (χ2v) is 13.6. The second-order valence-electron chi connectivity index (χ2n) is 13.6. The minimum absolute atomic E-state index is 0.0672. The van der Waals surface area contributed by atoms with Crippen LogP contribution in [-0.2, 0) is 4.74 Å². The molecule has 2 aromatic rings. The molecule has 1 atom stereocenters. The topological polar surface area (TPSA) is 86.8 Å². The van der Waals surface area contributed by atoms with Crippen LogP contribution >= 0.6 is 0 Å². The number of rotatable bonds is 10. The highest BCUT2D eigenvalue weighted by atomic mass is 19.1. The van der Waals surface area contributed by atoms with Crippen LogP contribution in [0, 0.1) is 17.8 Å². The maximum absolute atomic E-state index is 14.4. The molecular weight excluding hydrogens is 533 g/mol. The lowest BCUT2D eigenvalue weighted by molar-refractivity contribution is 0.0512. The number of ether oxygens (including phenoxy) is 1. The Morgan fingerprint density at radius 3 is 2.24 bits per heavy atom. The van der Waals surface area contributed by atoms with E-state index in [0.717, 1.165) is 68.3 Å². The maximum Gasteiger partial charge on any atom is 0.407 e. The van der Waals surface area contributed by atoms with Gasteiger partial charge >= 0.3 is 6.09 Å².